The van der Waals surface area contributed by atoms with Crippen molar-refractivity contribution in [2.75, 3.05) is 23.9 Å². The van der Waals surface area contributed by atoms with E-state index in [1.807, 2.05) is 35.2 Å². The molecule has 1 heterocycles. The molecule has 0 saturated heterocycles. The quantitative estimate of drug-likeness (QED) is 0.716. The second-order valence-corrected chi connectivity index (χ2v) is 6.92. The van der Waals surface area contributed by atoms with Gasteiger partial charge in [0.15, 0.2) is 0 Å². The molecule has 1 aliphatic heterocycles. The van der Waals surface area contributed by atoms with E-state index in [0.29, 0.717) is 29.1 Å². The lowest BCUT2D eigenvalue weighted by Crippen LogP contribution is -2.35. The zero-order chi connectivity index (χ0) is 20.2. The average Bonchev–Trinajstić information content (AvgIpc) is 2.78. The Labute approximate surface area is 169 Å². The van der Waals surface area contributed by atoms with Crippen molar-refractivity contribution in [2.24, 2.45) is 0 Å². The number of benzene rings is 3. The first kappa shape index (κ1) is 18.7. The Kier molecular flexibility index (Phi) is 5.29. The van der Waals surface area contributed by atoms with Crippen LogP contribution in [-0.4, -0.2) is 25.5 Å². The Balaban J connectivity index is 1.51. The number of fused-ring (bicyclic) bond motifs is 1. The fourth-order valence-electron chi connectivity index (χ4n) is 3.61. The maximum Gasteiger partial charge on any atom is 0.258 e. The van der Waals surface area contributed by atoms with E-state index < -0.39 is 0 Å². The first-order chi connectivity index (χ1) is 14.2. The summed E-state index contributed by atoms with van der Waals surface area (Å²) in [6.45, 7) is 0.700. The third kappa shape index (κ3) is 3.85. The second kappa shape index (κ2) is 8.19. The third-order valence-electron chi connectivity index (χ3n) is 5.10. The van der Waals surface area contributed by atoms with Gasteiger partial charge in [0.05, 0.1) is 12.8 Å². The number of para-hydroxylation sites is 3. The van der Waals surface area contributed by atoms with E-state index in [4.69, 9.17) is 4.74 Å². The van der Waals surface area contributed by atoms with Crippen molar-refractivity contribution in [2.45, 2.75) is 12.8 Å². The molecule has 0 unspecified atom stereocenters. The van der Waals surface area contributed by atoms with Crippen LogP contribution in [0.1, 0.15) is 32.7 Å². The Morgan fingerprint density at radius 1 is 0.897 bits per heavy atom. The van der Waals surface area contributed by atoms with Gasteiger partial charge in [0.1, 0.15) is 5.75 Å². The van der Waals surface area contributed by atoms with Crippen molar-refractivity contribution < 1.29 is 14.3 Å². The lowest BCUT2D eigenvalue weighted by molar-refractivity contribution is 0.0982. The van der Waals surface area contributed by atoms with Crippen LogP contribution in [0.3, 0.4) is 0 Å². The summed E-state index contributed by atoms with van der Waals surface area (Å²) in [6.07, 6.45) is 1.93. The van der Waals surface area contributed by atoms with Crippen molar-refractivity contribution in [3.63, 3.8) is 0 Å². The first-order valence-electron chi connectivity index (χ1n) is 9.61. The van der Waals surface area contributed by atoms with Crippen LogP contribution in [0.2, 0.25) is 0 Å². The predicted octanol–water partition coefficient (Wildman–Crippen LogP) is 4.54. The number of aryl methyl sites for hydroxylation is 1. The number of ether oxygens (including phenoxy) is 1. The number of hydrogen-bond donors (Lipinski definition) is 1. The summed E-state index contributed by atoms with van der Waals surface area (Å²) in [4.78, 5) is 27.4. The van der Waals surface area contributed by atoms with Gasteiger partial charge in [-0.15, -0.1) is 0 Å². The number of carbonyl (C=O) groups excluding carboxylic acids is 2. The van der Waals surface area contributed by atoms with Gasteiger partial charge in [-0.05, 0) is 60.9 Å². The van der Waals surface area contributed by atoms with Gasteiger partial charge in [-0.1, -0.05) is 30.3 Å². The van der Waals surface area contributed by atoms with Gasteiger partial charge >= 0.3 is 0 Å². The summed E-state index contributed by atoms with van der Waals surface area (Å²) in [7, 11) is 1.56. The molecule has 1 aliphatic rings. The molecule has 0 saturated carbocycles. The van der Waals surface area contributed by atoms with Crippen molar-refractivity contribution in [3.8, 4) is 5.75 Å². The largest absolute Gasteiger partial charge is 0.495 e. The van der Waals surface area contributed by atoms with E-state index >= 15 is 0 Å². The zero-order valence-corrected chi connectivity index (χ0v) is 16.2. The van der Waals surface area contributed by atoms with Crippen molar-refractivity contribution >= 4 is 23.2 Å². The highest BCUT2D eigenvalue weighted by molar-refractivity contribution is 6.08. The summed E-state index contributed by atoms with van der Waals surface area (Å²) in [5.41, 5.74) is 3.81. The van der Waals surface area contributed by atoms with Gasteiger partial charge in [0.25, 0.3) is 11.8 Å². The Morgan fingerprint density at radius 3 is 2.38 bits per heavy atom. The molecule has 0 fully saturated rings. The van der Waals surface area contributed by atoms with Gasteiger partial charge in [-0.3, -0.25) is 9.59 Å². The lowest BCUT2D eigenvalue weighted by Gasteiger charge is -2.29. The molecule has 0 bridgehead atoms. The van der Waals surface area contributed by atoms with E-state index in [1.165, 1.54) is 5.56 Å². The molecule has 0 spiro atoms. The number of carbonyl (C=O) groups is 2. The maximum absolute atomic E-state index is 13.0. The van der Waals surface area contributed by atoms with Crippen molar-refractivity contribution in [1.82, 2.24) is 0 Å². The smallest absolute Gasteiger partial charge is 0.258 e. The first-order valence-corrected chi connectivity index (χ1v) is 9.61. The molecule has 146 valence electrons. The summed E-state index contributed by atoms with van der Waals surface area (Å²) < 4.78 is 5.26. The minimum Gasteiger partial charge on any atom is -0.495 e. The molecule has 0 aliphatic carbocycles. The van der Waals surface area contributed by atoms with Crippen LogP contribution in [0.5, 0.6) is 5.75 Å². The fourth-order valence-corrected chi connectivity index (χ4v) is 3.61. The van der Waals surface area contributed by atoms with Crippen LogP contribution >= 0.6 is 0 Å². The number of amides is 2. The van der Waals surface area contributed by atoms with Crippen molar-refractivity contribution in [3.05, 3.63) is 89.5 Å². The van der Waals surface area contributed by atoms with Gasteiger partial charge in [-0.25, -0.2) is 0 Å². The van der Waals surface area contributed by atoms with Crippen LogP contribution in [0.25, 0.3) is 0 Å². The molecule has 3 aromatic rings. The summed E-state index contributed by atoms with van der Waals surface area (Å²) in [5, 5.41) is 2.84. The van der Waals surface area contributed by atoms with E-state index in [-0.39, 0.29) is 11.8 Å². The van der Waals surface area contributed by atoms with Gasteiger partial charge in [0.2, 0.25) is 0 Å². The SMILES string of the molecule is COc1ccccc1NC(=O)c1ccc(C(=O)N2CCCc3ccccc32)cc1. The van der Waals surface area contributed by atoms with Gasteiger partial charge in [0, 0.05) is 23.4 Å². The van der Waals surface area contributed by atoms with E-state index in [2.05, 4.69) is 11.4 Å². The molecule has 5 heteroatoms. The van der Waals surface area contributed by atoms with Gasteiger partial charge < -0.3 is 15.0 Å². The van der Waals surface area contributed by atoms with Crippen LogP contribution in [0.15, 0.2) is 72.8 Å². The highest BCUT2D eigenvalue weighted by Gasteiger charge is 2.23. The summed E-state index contributed by atoms with van der Waals surface area (Å²) in [5.74, 6) is 0.294. The topological polar surface area (TPSA) is 58.6 Å². The molecule has 2 amide bonds. The number of hydrogen-bond acceptors (Lipinski definition) is 3. The lowest BCUT2D eigenvalue weighted by atomic mass is 10.0. The highest BCUT2D eigenvalue weighted by Crippen LogP contribution is 2.28. The zero-order valence-electron chi connectivity index (χ0n) is 16.2. The number of anilines is 2. The maximum atomic E-state index is 13.0. The number of nitrogens with zero attached hydrogens (tertiary/aromatic N) is 1. The predicted molar refractivity (Wildman–Crippen MR) is 114 cm³/mol. The Hall–Kier alpha value is -3.60. The number of nitrogens with one attached hydrogen (secondary N) is 1. The normalized spacial score (nSPS) is 12.8. The highest BCUT2D eigenvalue weighted by atomic mass is 16.5. The van der Waals surface area contributed by atoms with E-state index in [1.54, 1.807) is 43.5 Å². The van der Waals surface area contributed by atoms with Gasteiger partial charge in [-0.2, -0.15) is 0 Å². The molecule has 5 nitrogen and oxygen atoms in total. The minimum atomic E-state index is -0.253. The van der Waals surface area contributed by atoms with E-state index in [0.717, 1.165) is 18.5 Å². The molecule has 1 N–H and O–H groups in total. The fraction of sp³-hybridized carbons (Fsp3) is 0.167. The summed E-state index contributed by atoms with van der Waals surface area (Å²) >= 11 is 0. The molecular formula is C24H22N2O3. The Morgan fingerprint density at radius 2 is 1.59 bits per heavy atom. The minimum absolute atomic E-state index is 0.0474. The summed E-state index contributed by atoms with van der Waals surface area (Å²) in [6, 6.07) is 22.0. The van der Waals surface area contributed by atoms with Crippen LogP contribution in [0.4, 0.5) is 11.4 Å². The Bertz CT molecular complexity index is 1040. The number of methoxy groups -OCH3 is 1. The standard InChI is InChI=1S/C24H22N2O3/c1-29-22-11-5-3-9-20(22)25-23(27)18-12-14-19(15-13-18)24(28)26-16-6-8-17-7-2-4-10-21(17)26/h2-5,7,9-15H,6,8,16H2,1H3,(H,25,27). The van der Waals surface area contributed by atoms with Crippen LogP contribution < -0.4 is 15.0 Å². The monoisotopic (exact) mass is 386 g/mol. The molecule has 0 aromatic heterocycles. The molecule has 0 radical (unpaired) electrons. The molecule has 3 aromatic carbocycles. The number of rotatable bonds is 4. The third-order valence-corrected chi connectivity index (χ3v) is 5.10. The van der Waals surface area contributed by atoms with Crippen LogP contribution in [0, 0.1) is 0 Å². The van der Waals surface area contributed by atoms with Crippen molar-refractivity contribution in [1.29, 1.82) is 0 Å². The average molecular weight is 386 g/mol. The molecule has 0 atom stereocenters. The van der Waals surface area contributed by atoms with E-state index in [9.17, 15) is 9.59 Å². The van der Waals surface area contributed by atoms with Crippen LogP contribution in [-0.2, 0) is 6.42 Å². The second-order valence-electron chi connectivity index (χ2n) is 6.92. The molecule has 29 heavy (non-hydrogen) atoms. The molecule has 4 rings (SSSR count). The molecular weight excluding hydrogens is 364 g/mol.